The van der Waals surface area contributed by atoms with E-state index in [4.69, 9.17) is 9.26 Å². The van der Waals surface area contributed by atoms with Gasteiger partial charge in [-0.2, -0.15) is 4.98 Å². The number of hydrogen-bond acceptors (Lipinski definition) is 9. The van der Waals surface area contributed by atoms with Crippen LogP contribution in [0.2, 0.25) is 0 Å². The summed E-state index contributed by atoms with van der Waals surface area (Å²) in [6, 6.07) is 10.0. The Hall–Kier alpha value is -3.71. The van der Waals surface area contributed by atoms with Gasteiger partial charge in [0.1, 0.15) is 5.82 Å². The molecule has 0 spiro atoms. The van der Waals surface area contributed by atoms with E-state index in [1.807, 2.05) is 0 Å². The zero-order valence-electron chi connectivity index (χ0n) is 17.4. The number of nitrogens with zero attached hydrogens (tertiary/aromatic N) is 4. The number of aromatic nitrogens is 2. The van der Waals surface area contributed by atoms with Gasteiger partial charge in [0.05, 0.1) is 9.82 Å². The zero-order chi connectivity index (χ0) is 24.0. The van der Waals surface area contributed by atoms with Crippen LogP contribution in [0.15, 0.2) is 57.9 Å². The Morgan fingerprint density at radius 2 is 1.85 bits per heavy atom. The first-order valence-electron chi connectivity index (χ1n) is 9.62. The molecule has 2 aromatic carbocycles. The Kier molecular flexibility index (Phi) is 7.45. The third-order valence-electron chi connectivity index (χ3n) is 4.54. The van der Waals surface area contributed by atoms with Gasteiger partial charge in [0.25, 0.3) is 11.6 Å². The highest BCUT2D eigenvalue weighted by Gasteiger charge is 2.21. The fraction of sp³-hybridized carbons (Fsp3) is 0.250. The van der Waals surface area contributed by atoms with Gasteiger partial charge in [-0.15, -0.1) is 0 Å². The van der Waals surface area contributed by atoms with E-state index in [9.17, 15) is 27.7 Å². The summed E-state index contributed by atoms with van der Waals surface area (Å²) in [6.07, 6.45) is 0.153. The predicted molar refractivity (Wildman–Crippen MR) is 112 cm³/mol. The topological polar surface area (TPSA) is 146 Å². The number of benzene rings is 2. The third-order valence-corrected chi connectivity index (χ3v) is 6.41. The number of carbonyl (C=O) groups is 1. The first kappa shape index (κ1) is 23.9. The Morgan fingerprint density at radius 3 is 2.48 bits per heavy atom. The first-order valence-corrected chi connectivity index (χ1v) is 11.1. The van der Waals surface area contributed by atoms with Crippen LogP contribution in [-0.4, -0.2) is 47.3 Å². The molecule has 0 unspecified atom stereocenters. The third kappa shape index (κ3) is 6.17. The number of non-ortho nitro benzene ring substituents is 1. The van der Waals surface area contributed by atoms with Crippen LogP contribution in [0.25, 0.3) is 11.4 Å². The highest BCUT2D eigenvalue weighted by Crippen LogP contribution is 2.20. The molecule has 174 valence electrons. The van der Waals surface area contributed by atoms with E-state index >= 15 is 0 Å². The molecule has 13 heteroatoms. The number of nitro groups is 1. The Morgan fingerprint density at radius 1 is 1.18 bits per heavy atom. The molecule has 0 bridgehead atoms. The summed E-state index contributed by atoms with van der Waals surface area (Å²) in [5.41, 5.74) is 0.417. The number of hydrogen-bond donors (Lipinski definition) is 0. The fourth-order valence-corrected chi connectivity index (χ4v) is 3.94. The number of ether oxygens (including phenoxy) is 1. The molecule has 1 aromatic heterocycles. The van der Waals surface area contributed by atoms with Gasteiger partial charge in [-0.3, -0.25) is 14.9 Å². The Balaban J connectivity index is 1.45. The van der Waals surface area contributed by atoms with Crippen molar-refractivity contribution in [3.05, 3.63) is 70.4 Å². The molecule has 0 fully saturated rings. The number of halogens is 1. The van der Waals surface area contributed by atoms with Crippen molar-refractivity contribution < 1.29 is 31.8 Å². The van der Waals surface area contributed by atoms with Gasteiger partial charge in [-0.05, 0) is 42.8 Å². The molecule has 0 saturated heterocycles. The highest BCUT2D eigenvalue weighted by molar-refractivity contribution is 7.89. The van der Waals surface area contributed by atoms with Crippen molar-refractivity contribution >= 4 is 21.7 Å². The largest absolute Gasteiger partial charge is 0.456 e. The lowest BCUT2D eigenvalue weighted by molar-refractivity contribution is -0.384. The molecule has 33 heavy (non-hydrogen) atoms. The van der Waals surface area contributed by atoms with E-state index in [-0.39, 0.29) is 48.3 Å². The van der Waals surface area contributed by atoms with Crippen LogP contribution < -0.4 is 0 Å². The molecule has 0 aliphatic carbocycles. The lowest BCUT2D eigenvalue weighted by atomic mass is 10.2. The monoisotopic (exact) mass is 478 g/mol. The second-order valence-electron chi connectivity index (χ2n) is 6.86. The molecule has 11 nitrogen and oxygen atoms in total. The second kappa shape index (κ2) is 10.3. The van der Waals surface area contributed by atoms with Crippen LogP contribution in [-0.2, 0) is 26.2 Å². The second-order valence-corrected chi connectivity index (χ2v) is 8.91. The van der Waals surface area contributed by atoms with Gasteiger partial charge in [-0.25, -0.2) is 17.1 Å². The van der Waals surface area contributed by atoms with E-state index in [1.54, 1.807) is 0 Å². The van der Waals surface area contributed by atoms with Crippen LogP contribution in [0.1, 0.15) is 18.7 Å². The van der Waals surface area contributed by atoms with Gasteiger partial charge in [-0.1, -0.05) is 5.16 Å². The molecule has 0 atom stereocenters. The van der Waals surface area contributed by atoms with E-state index in [0.717, 1.165) is 16.4 Å². The van der Waals surface area contributed by atoms with E-state index in [1.165, 1.54) is 43.4 Å². The summed E-state index contributed by atoms with van der Waals surface area (Å²) >= 11 is 0. The van der Waals surface area contributed by atoms with Gasteiger partial charge in [0.15, 0.2) is 6.61 Å². The standard InChI is InChI=1S/C20H19FN4O7S/c1-24(33(29,30)17-10-6-15(21)7-11-17)12-2-3-19(26)31-13-18-22-20(23-32-18)14-4-8-16(9-5-14)25(27)28/h4-11H,2-3,12-13H2,1H3. The average Bonchev–Trinajstić information content (AvgIpc) is 3.27. The van der Waals surface area contributed by atoms with Crippen molar-refractivity contribution in [2.75, 3.05) is 13.6 Å². The SMILES string of the molecule is CN(CCCC(=O)OCc1nc(-c2ccc([N+](=O)[O-])cc2)no1)S(=O)(=O)c1ccc(F)cc1. The molecule has 0 aliphatic rings. The zero-order valence-corrected chi connectivity index (χ0v) is 18.2. The quantitative estimate of drug-likeness (QED) is 0.244. The van der Waals surface area contributed by atoms with Crippen LogP contribution in [0.5, 0.6) is 0 Å². The summed E-state index contributed by atoms with van der Waals surface area (Å²) in [5, 5.41) is 14.4. The number of rotatable bonds is 10. The maximum atomic E-state index is 13.0. The number of carbonyl (C=O) groups excluding carboxylic acids is 1. The lowest BCUT2D eigenvalue weighted by Crippen LogP contribution is -2.28. The minimum atomic E-state index is -3.80. The van der Waals surface area contributed by atoms with Crippen LogP contribution in [0.4, 0.5) is 10.1 Å². The lowest BCUT2D eigenvalue weighted by Gasteiger charge is -2.16. The molecule has 3 rings (SSSR count). The molecule has 0 amide bonds. The number of nitro benzene ring substituents is 1. The minimum absolute atomic E-state index is 0.0349. The van der Waals surface area contributed by atoms with Crippen LogP contribution in [0, 0.1) is 15.9 Å². The summed E-state index contributed by atoms with van der Waals surface area (Å²) in [4.78, 5) is 26.1. The average molecular weight is 478 g/mol. The molecule has 3 aromatic rings. The Bertz CT molecular complexity index is 1230. The maximum Gasteiger partial charge on any atom is 0.306 e. The predicted octanol–water partition coefficient (Wildman–Crippen LogP) is 2.93. The molecule has 0 radical (unpaired) electrons. The number of sulfonamides is 1. The first-order chi connectivity index (χ1) is 15.7. The van der Waals surface area contributed by atoms with Crippen molar-refractivity contribution in [3.8, 4) is 11.4 Å². The fourth-order valence-electron chi connectivity index (χ4n) is 2.73. The summed E-state index contributed by atoms with van der Waals surface area (Å²) < 4.78 is 49.0. The molecule has 0 N–H and O–H groups in total. The normalized spacial score (nSPS) is 11.5. The van der Waals surface area contributed by atoms with Crippen LogP contribution in [0.3, 0.4) is 0 Å². The van der Waals surface area contributed by atoms with Crippen molar-refractivity contribution in [1.29, 1.82) is 0 Å². The van der Waals surface area contributed by atoms with E-state index in [2.05, 4.69) is 10.1 Å². The van der Waals surface area contributed by atoms with Gasteiger partial charge >= 0.3 is 5.97 Å². The van der Waals surface area contributed by atoms with Crippen molar-refractivity contribution in [1.82, 2.24) is 14.4 Å². The van der Waals surface area contributed by atoms with Gasteiger partial charge in [0, 0.05) is 37.7 Å². The van der Waals surface area contributed by atoms with Gasteiger partial charge in [0.2, 0.25) is 15.8 Å². The summed E-state index contributed by atoms with van der Waals surface area (Å²) in [7, 11) is -2.43. The smallest absolute Gasteiger partial charge is 0.306 e. The summed E-state index contributed by atoms with van der Waals surface area (Å²) in [5.74, 6) is -0.908. The molecule has 0 aliphatic heterocycles. The maximum absolute atomic E-state index is 13.0. The van der Waals surface area contributed by atoms with Crippen LogP contribution >= 0.6 is 0 Å². The van der Waals surface area contributed by atoms with Crippen molar-refractivity contribution in [2.45, 2.75) is 24.3 Å². The molecule has 0 saturated carbocycles. The molecule has 1 heterocycles. The molecular weight excluding hydrogens is 459 g/mol. The van der Waals surface area contributed by atoms with Crippen molar-refractivity contribution in [2.24, 2.45) is 0 Å². The Labute approximate surface area is 188 Å². The van der Waals surface area contributed by atoms with E-state index < -0.39 is 26.7 Å². The molecular formula is C20H19FN4O7S. The van der Waals surface area contributed by atoms with Crippen molar-refractivity contribution in [3.63, 3.8) is 0 Å². The summed E-state index contributed by atoms with van der Waals surface area (Å²) in [6.45, 7) is -0.220. The van der Waals surface area contributed by atoms with E-state index in [0.29, 0.717) is 5.56 Å². The van der Waals surface area contributed by atoms with Gasteiger partial charge < -0.3 is 9.26 Å². The highest BCUT2D eigenvalue weighted by atomic mass is 32.2. The minimum Gasteiger partial charge on any atom is -0.456 e. The number of esters is 1.